The maximum atomic E-state index is 6.48. The van der Waals surface area contributed by atoms with E-state index in [9.17, 15) is 0 Å². The van der Waals surface area contributed by atoms with Gasteiger partial charge in [0.25, 0.3) is 0 Å². The van der Waals surface area contributed by atoms with E-state index < -0.39 is 0 Å². The Bertz CT molecular complexity index is 1150. The number of nitrogens with zero attached hydrogens (tertiary/aromatic N) is 2. The lowest BCUT2D eigenvalue weighted by atomic mass is 9.96. The van der Waals surface area contributed by atoms with Crippen molar-refractivity contribution in [2.24, 2.45) is 5.10 Å². The number of hydrogen-bond acceptors (Lipinski definition) is 4. The minimum atomic E-state index is -0.303. The van der Waals surface area contributed by atoms with E-state index in [0.29, 0.717) is 0 Å². The summed E-state index contributed by atoms with van der Waals surface area (Å²) >= 11 is 9.72. The highest BCUT2D eigenvalue weighted by molar-refractivity contribution is 9.10. The molecule has 4 nitrogen and oxygen atoms in total. The predicted octanol–water partition coefficient (Wildman–Crippen LogP) is 7.91. The Morgan fingerprint density at radius 1 is 1.06 bits per heavy atom. The van der Waals surface area contributed by atoms with Crippen LogP contribution in [0.3, 0.4) is 0 Å². The fourth-order valence-corrected chi connectivity index (χ4v) is 4.87. The lowest BCUT2D eigenvalue weighted by Crippen LogP contribution is -2.33. The lowest BCUT2D eigenvalue weighted by Gasteiger charge is -2.38. The van der Waals surface area contributed by atoms with E-state index in [0.717, 1.165) is 62.8 Å². The highest BCUT2D eigenvalue weighted by Crippen LogP contribution is 2.48. The number of benzene rings is 3. The van der Waals surface area contributed by atoms with Crippen molar-refractivity contribution in [1.82, 2.24) is 5.01 Å². The van der Waals surface area contributed by atoms with Crippen LogP contribution in [0.2, 0.25) is 5.02 Å². The normalized spacial score (nSPS) is 18.9. The Hall–Kier alpha value is -2.50. The Morgan fingerprint density at radius 3 is 2.61 bits per heavy atom. The molecule has 0 aromatic heterocycles. The van der Waals surface area contributed by atoms with Crippen LogP contribution < -0.4 is 9.47 Å². The number of hydrazone groups is 1. The monoisotopic (exact) mass is 524 g/mol. The lowest BCUT2D eigenvalue weighted by molar-refractivity contribution is -0.0191. The molecule has 2 aliphatic heterocycles. The topological polar surface area (TPSA) is 34.1 Å². The van der Waals surface area contributed by atoms with Crippen LogP contribution >= 0.6 is 27.5 Å². The van der Waals surface area contributed by atoms with Crippen molar-refractivity contribution in [3.63, 3.8) is 0 Å². The highest BCUT2D eigenvalue weighted by Gasteiger charge is 2.41. The number of fused-ring (bicyclic) bond motifs is 3. The van der Waals surface area contributed by atoms with E-state index in [2.05, 4.69) is 46.1 Å². The molecular formula is C27H26BrClN2O2. The van der Waals surface area contributed by atoms with Crippen molar-refractivity contribution in [1.29, 1.82) is 0 Å². The zero-order chi connectivity index (χ0) is 22.8. The minimum Gasteiger partial charge on any atom is -0.494 e. The molecule has 0 saturated carbocycles. The molecule has 2 unspecified atom stereocenters. The van der Waals surface area contributed by atoms with E-state index in [-0.39, 0.29) is 12.3 Å². The molecule has 0 fully saturated rings. The first-order valence-electron chi connectivity index (χ1n) is 11.4. The van der Waals surface area contributed by atoms with Gasteiger partial charge in [-0.2, -0.15) is 5.10 Å². The Labute approximate surface area is 208 Å². The summed E-state index contributed by atoms with van der Waals surface area (Å²) in [5, 5.41) is 7.84. The molecule has 0 spiro atoms. The molecule has 0 aliphatic carbocycles. The van der Waals surface area contributed by atoms with E-state index in [1.54, 1.807) is 0 Å². The van der Waals surface area contributed by atoms with Gasteiger partial charge in [0.2, 0.25) is 6.23 Å². The van der Waals surface area contributed by atoms with Gasteiger partial charge in [-0.05, 0) is 66.6 Å². The summed E-state index contributed by atoms with van der Waals surface area (Å²) in [5.74, 6) is 1.79. The summed E-state index contributed by atoms with van der Waals surface area (Å²) < 4.78 is 13.4. The predicted molar refractivity (Wildman–Crippen MR) is 136 cm³/mol. The maximum absolute atomic E-state index is 6.48. The van der Waals surface area contributed by atoms with Crippen molar-refractivity contribution >= 4 is 33.2 Å². The molecule has 0 saturated heterocycles. The molecule has 2 atom stereocenters. The minimum absolute atomic E-state index is 0.104. The van der Waals surface area contributed by atoms with Gasteiger partial charge in [0.15, 0.2) is 0 Å². The molecular weight excluding hydrogens is 500 g/mol. The number of rotatable bonds is 7. The standard InChI is InChI=1S/C27H26BrClN2O2/c1-2-3-4-15-32-22-12-7-19(8-13-22)27-31-25(23-16-20(28)9-14-26(23)33-27)17-24(30-31)18-5-10-21(29)11-6-18/h5-14,16,25,27H,2-4,15,17H2,1H3. The largest absolute Gasteiger partial charge is 0.494 e. The molecule has 3 aromatic rings. The quantitative estimate of drug-likeness (QED) is 0.294. The number of unbranched alkanes of at least 4 members (excludes halogenated alkanes) is 2. The number of halogens is 2. The van der Waals surface area contributed by atoms with Crippen molar-refractivity contribution < 1.29 is 9.47 Å². The zero-order valence-electron chi connectivity index (χ0n) is 18.5. The Morgan fingerprint density at radius 2 is 1.85 bits per heavy atom. The van der Waals surface area contributed by atoms with Crippen LogP contribution in [0, 0.1) is 0 Å². The van der Waals surface area contributed by atoms with Gasteiger partial charge in [-0.15, -0.1) is 0 Å². The molecule has 170 valence electrons. The molecule has 0 bridgehead atoms. The van der Waals surface area contributed by atoms with Crippen LogP contribution in [0.15, 0.2) is 76.3 Å². The molecule has 0 radical (unpaired) electrons. The van der Waals surface area contributed by atoms with Gasteiger partial charge in [0, 0.05) is 27.0 Å². The summed E-state index contributed by atoms with van der Waals surface area (Å²) in [5.41, 5.74) is 4.31. The first-order chi connectivity index (χ1) is 16.1. The van der Waals surface area contributed by atoms with E-state index in [4.69, 9.17) is 26.2 Å². The third-order valence-corrected chi connectivity index (χ3v) is 6.86. The van der Waals surface area contributed by atoms with Gasteiger partial charge in [-0.25, -0.2) is 5.01 Å². The second-order valence-electron chi connectivity index (χ2n) is 8.43. The van der Waals surface area contributed by atoms with E-state index in [1.807, 2.05) is 48.5 Å². The van der Waals surface area contributed by atoms with Crippen LogP contribution in [-0.2, 0) is 0 Å². The number of ether oxygens (including phenoxy) is 2. The summed E-state index contributed by atoms with van der Waals surface area (Å²) in [6, 6.07) is 22.4. The first-order valence-corrected chi connectivity index (χ1v) is 12.6. The summed E-state index contributed by atoms with van der Waals surface area (Å²) in [6.45, 7) is 2.95. The van der Waals surface area contributed by atoms with Crippen LogP contribution in [0.4, 0.5) is 0 Å². The fraction of sp³-hybridized carbons (Fsp3) is 0.296. The van der Waals surface area contributed by atoms with Crippen molar-refractivity contribution in [2.75, 3.05) is 6.61 Å². The van der Waals surface area contributed by atoms with Crippen LogP contribution in [0.5, 0.6) is 11.5 Å². The van der Waals surface area contributed by atoms with E-state index in [1.165, 1.54) is 12.8 Å². The molecule has 6 heteroatoms. The van der Waals surface area contributed by atoms with Gasteiger partial charge in [-0.1, -0.05) is 59.4 Å². The van der Waals surface area contributed by atoms with Crippen molar-refractivity contribution in [3.8, 4) is 11.5 Å². The number of hydrogen-bond donors (Lipinski definition) is 0. The Kier molecular flexibility index (Phi) is 6.61. The first kappa shape index (κ1) is 22.3. The van der Waals surface area contributed by atoms with Gasteiger partial charge in [-0.3, -0.25) is 0 Å². The van der Waals surface area contributed by atoms with Crippen molar-refractivity contribution in [2.45, 2.75) is 44.9 Å². The molecule has 2 aliphatic rings. The van der Waals surface area contributed by atoms with Gasteiger partial charge >= 0.3 is 0 Å². The van der Waals surface area contributed by atoms with Crippen LogP contribution in [-0.4, -0.2) is 17.3 Å². The average Bonchev–Trinajstić information content (AvgIpc) is 3.28. The third kappa shape index (κ3) is 4.75. The molecule has 3 aromatic carbocycles. The molecule has 5 rings (SSSR count). The molecule has 33 heavy (non-hydrogen) atoms. The fourth-order valence-electron chi connectivity index (χ4n) is 4.37. The second kappa shape index (κ2) is 9.78. The van der Waals surface area contributed by atoms with Crippen molar-refractivity contribution in [3.05, 3.63) is 92.9 Å². The summed E-state index contributed by atoms with van der Waals surface area (Å²) in [7, 11) is 0. The summed E-state index contributed by atoms with van der Waals surface area (Å²) in [4.78, 5) is 0. The van der Waals surface area contributed by atoms with Crippen LogP contribution in [0.1, 0.15) is 61.6 Å². The van der Waals surface area contributed by atoms with Gasteiger partial charge in [0.05, 0.1) is 18.4 Å². The Balaban J connectivity index is 1.44. The van der Waals surface area contributed by atoms with Crippen LogP contribution in [0.25, 0.3) is 0 Å². The maximum Gasteiger partial charge on any atom is 0.213 e. The molecule has 2 heterocycles. The van der Waals surface area contributed by atoms with Gasteiger partial charge < -0.3 is 9.47 Å². The molecule has 0 amide bonds. The molecule has 0 N–H and O–H groups in total. The van der Waals surface area contributed by atoms with E-state index >= 15 is 0 Å². The average molecular weight is 526 g/mol. The van der Waals surface area contributed by atoms with Gasteiger partial charge in [0.1, 0.15) is 11.5 Å². The highest BCUT2D eigenvalue weighted by atomic mass is 79.9. The third-order valence-electron chi connectivity index (χ3n) is 6.11. The SMILES string of the molecule is CCCCCOc1ccc(C2Oc3ccc(Br)cc3C3CC(c4ccc(Cl)cc4)=NN32)cc1. The smallest absolute Gasteiger partial charge is 0.213 e. The summed E-state index contributed by atoms with van der Waals surface area (Å²) in [6.07, 6.45) is 3.96. The second-order valence-corrected chi connectivity index (χ2v) is 9.78. The zero-order valence-corrected chi connectivity index (χ0v) is 20.8.